The molecule has 3 heterocycles. The minimum atomic E-state index is 0.147. The highest BCUT2D eigenvalue weighted by Crippen LogP contribution is 2.30. The van der Waals surface area contributed by atoms with Crippen molar-refractivity contribution in [2.24, 2.45) is 0 Å². The number of thiazole rings is 1. The van der Waals surface area contributed by atoms with Gasteiger partial charge in [-0.3, -0.25) is 4.79 Å². The van der Waals surface area contributed by atoms with Gasteiger partial charge >= 0.3 is 0 Å². The molecular formula is C24H30N4OS2. The molecule has 0 atom stereocenters. The zero-order valence-electron chi connectivity index (χ0n) is 18.4. The summed E-state index contributed by atoms with van der Waals surface area (Å²) in [6, 6.07) is 12.9. The number of amides is 1. The fourth-order valence-corrected chi connectivity index (χ4v) is 5.64. The van der Waals surface area contributed by atoms with Crippen LogP contribution < -0.4 is 5.32 Å². The maximum atomic E-state index is 13.3. The Kier molecular flexibility index (Phi) is 7.02. The molecule has 1 N–H and O–H groups in total. The molecule has 7 heteroatoms. The maximum Gasteiger partial charge on any atom is 0.255 e. The molecular weight excluding hydrogens is 424 g/mol. The third-order valence-electron chi connectivity index (χ3n) is 5.54. The van der Waals surface area contributed by atoms with Crippen molar-refractivity contribution in [1.29, 1.82) is 0 Å². The highest BCUT2D eigenvalue weighted by Gasteiger charge is 2.25. The van der Waals surface area contributed by atoms with Crippen LogP contribution in [0.2, 0.25) is 0 Å². The lowest BCUT2D eigenvalue weighted by Gasteiger charge is -2.26. The fraction of sp³-hybridized carbons (Fsp3) is 0.417. The Balaban J connectivity index is 1.67. The molecule has 164 valence electrons. The van der Waals surface area contributed by atoms with E-state index in [0.717, 1.165) is 65.3 Å². The molecule has 1 aliphatic rings. The summed E-state index contributed by atoms with van der Waals surface area (Å²) in [5, 5.41) is 6.39. The number of thioether (sulfide) groups is 1. The Bertz CT molecular complexity index is 1020. The summed E-state index contributed by atoms with van der Waals surface area (Å²) in [4.78, 5) is 20.1. The molecule has 5 nitrogen and oxygen atoms in total. The van der Waals surface area contributed by atoms with E-state index in [1.165, 1.54) is 5.56 Å². The number of benzene rings is 1. The summed E-state index contributed by atoms with van der Waals surface area (Å²) in [6.07, 6.45) is 0.915. The summed E-state index contributed by atoms with van der Waals surface area (Å²) in [6.45, 7) is 8.76. The molecule has 0 radical (unpaired) electrons. The first kappa shape index (κ1) is 22.0. The van der Waals surface area contributed by atoms with E-state index >= 15 is 0 Å². The summed E-state index contributed by atoms with van der Waals surface area (Å²) < 4.78 is 2.27. The van der Waals surface area contributed by atoms with Gasteiger partial charge in [0, 0.05) is 48.3 Å². The first-order chi connectivity index (χ1) is 15.0. The molecule has 0 saturated carbocycles. The van der Waals surface area contributed by atoms with Crippen LogP contribution in [0.3, 0.4) is 0 Å². The normalized spacial score (nSPS) is 14.3. The van der Waals surface area contributed by atoms with Gasteiger partial charge in [-0.05, 0) is 38.8 Å². The van der Waals surface area contributed by atoms with Crippen LogP contribution in [0.4, 0.5) is 5.13 Å². The number of carbonyl (C=O) groups excluding carboxylic acids is 1. The number of aryl methyl sites for hydroxylation is 1. The van der Waals surface area contributed by atoms with Crippen molar-refractivity contribution in [2.75, 3.05) is 29.9 Å². The number of nitrogens with one attached hydrogen (secondary N) is 1. The number of hydrogen-bond acceptors (Lipinski definition) is 5. The monoisotopic (exact) mass is 454 g/mol. The standard InChI is InChI=1S/C24H30N4OS2/c1-17(2)25-24-26-21(16-31-24)22-15-20(23(29)27-11-13-30-14-12-27)18(3)28(22)10-9-19-7-5-4-6-8-19/h4-8,15-17H,9-14H2,1-3H3,(H,25,26). The van der Waals surface area contributed by atoms with Crippen molar-refractivity contribution in [3.63, 3.8) is 0 Å². The van der Waals surface area contributed by atoms with E-state index < -0.39 is 0 Å². The second-order valence-corrected chi connectivity index (χ2v) is 10.2. The lowest BCUT2D eigenvalue weighted by Crippen LogP contribution is -2.38. The molecule has 3 aromatic rings. The molecule has 31 heavy (non-hydrogen) atoms. The van der Waals surface area contributed by atoms with Gasteiger partial charge in [-0.1, -0.05) is 30.3 Å². The first-order valence-corrected chi connectivity index (χ1v) is 12.9. The highest BCUT2D eigenvalue weighted by atomic mass is 32.2. The molecule has 0 spiro atoms. The van der Waals surface area contributed by atoms with Gasteiger partial charge in [0.15, 0.2) is 5.13 Å². The van der Waals surface area contributed by atoms with Crippen molar-refractivity contribution >= 4 is 34.1 Å². The van der Waals surface area contributed by atoms with Crippen LogP contribution in [0.15, 0.2) is 41.8 Å². The van der Waals surface area contributed by atoms with E-state index in [0.29, 0.717) is 6.04 Å². The third kappa shape index (κ3) is 5.15. The smallest absolute Gasteiger partial charge is 0.255 e. The van der Waals surface area contributed by atoms with Gasteiger partial charge in [0.1, 0.15) is 0 Å². The zero-order valence-corrected chi connectivity index (χ0v) is 20.1. The molecule has 0 bridgehead atoms. The predicted molar refractivity (Wildman–Crippen MR) is 132 cm³/mol. The Morgan fingerprint density at radius 1 is 1.19 bits per heavy atom. The van der Waals surface area contributed by atoms with Crippen LogP contribution in [0, 0.1) is 6.92 Å². The molecule has 1 fully saturated rings. The van der Waals surface area contributed by atoms with Crippen molar-refractivity contribution in [3.8, 4) is 11.4 Å². The number of anilines is 1. The van der Waals surface area contributed by atoms with Crippen molar-refractivity contribution in [1.82, 2.24) is 14.5 Å². The second-order valence-electron chi connectivity index (χ2n) is 8.16. The van der Waals surface area contributed by atoms with Crippen LogP contribution in [-0.4, -0.2) is 51.0 Å². The van der Waals surface area contributed by atoms with Gasteiger partial charge < -0.3 is 14.8 Å². The molecule has 0 aliphatic carbocycles. The topological polar surface area (TPSA) is 50.2 Å². The Morgan fingerprint density at radius 3 is 2.65 bits per heavy atom. The number of rotatable bonds is 7. The Labute approximate surface area is 192 Å². The van der Waals surface area contributed by atoms with E-state index in [1.54, 1.807) is 11.3 Å². The minimum Gasteiger partial charge on any atom is -0.359 e. The number of hydrogen-bond donors (Lipinski definition) is 1. The van der Waals surface area contributed by atoms with Crippen LogP contribution in [0.1, 0.15) is 35.5 Å². The van der Waals surface area contributed by atoms with Gasteiger partial charge in [-0.15, -0.1) is 11.3 Å². The molecule has 4 rings (SSSR count). The SMILES string of the molecule is Cc1c(C(=O)N2CCSCC2)cc(-c2csc(NC(C)C)n2)n1CCc1ccccc1. The predicted octanol–water partition coefficient (Wildman–Crippen LogP) is 5.17. The molecule has 1 aliphatic heterocycles. The Morgan fingerprint density at radius 2 is 1.94 bits per heavy atom. The fourth-order valence-electron chi connectivity index (χ4n) is 3.89. The van der Waals surface area contributed by atoms with Crippen LogP contribution >= 0.6 is 23.1 Å². The van der Waals surface area contributed by atoms with E-state index in [1.807, 2.05) is 22.7 Å². The van der Waals surface area contributed by atoms with Crippen molar-refractivity contribution in [3.05, 3.63) is 58.6 Å². The third-order valence-corrected chi connectivity index (χ3v) is 7.26. The minimum absolute atomic E-state index is 0.147. The average Bonchev–Trinajstić information content (AvgIpc) is 3.36. The van der Waals surface area contributed by atoms with E-state index in [9.17, 15) is 4.79 Å². The molecule has 2 aromatic heterocycles. The number of nitrogens with zero attached hydrogens (tertiary/aromatic N) is 3. The summed E-state index contributed by atoms with van der Waals surface area (Å²) in [5.74, 6) is 2.18. The van der Waals surface area contributed by atoms with Gasteiger partial charge in [-0.25, -0.2) is 4.98 Å². The van der Waals surface area contributed by atoms with E-state index in [2.05, 4.69) is 66.4 Å². The molecule has 1 saturated heterocycles. The maximum absolute atomic E-state index is 13.3. The van der Waals surface area contributed by atoms with Crippen molar-refractivity contribution in [2.45, 2.75) is 39.8 Å². The average molecular weight is 455 g/mol. The molecule has 1 amide bonds. The number of carbonyl (C=O) groups is 1. The van der Waals surface area contributed by atoms with E-state index in [4.69, 9.17) is 4.98 Å². The first-order valence-electron chi connectivity index (χ1n) is 10.9. The summed E-state index contributed by atoms with van der Waals surface area (Å²) >= 11 is 3.53. The lowest BCUT2D eigenvalue weighted by atomic mass is 10.1. The van der Waals surface area contributed by atoms with Crippen molar-refractivity contribution < 1.29 is 4.79 Å². The van der Waals surface area contributed by atoms with Gasteiger partial charge in [-0.2, -0.15) is 11.8 Å². The molecule has 0 unspecified atom stereocenters. The van der Waals surface area contributed by atoms with Gasteiger partial charge in [0.25, 0.3) is 5.91 Å². The van der Waals surface area contributed by atoms with Gasteiger partial charge in [0.2, 0.25) is 0 Å². The van der Waals surface area contributed by atoms with Crippen LogP contribution in [-0.2, 0) is 13.0 Å². The Hall–Kier alpha value is -2.25. The van der Waals surface area contributed by atoms with Crippen LogP contribution in [0.5, 0.6) is 0 Å². The van der Waals surface area contributed by atoms with Crippen LogP contribution in [0.25, 0.3) is 11.4 Å². The lowest BCUT2D eigenvalue weighted by molar-refractivity contribution is 0.0771. The largest absolute Gasteiger partial charge is 0.359 e. The van der Waals surface area contributed by atoms with Gasteiger partial charge in [0.05, 0.1) is 17.0 Å². The summed E-state index contributed by atoms with van der Waals surface area (Å²) in [7, 11) is 0. The highest BCUT2D eigenvalue weighted by molar-refractivity contribution is 7.99. The van der Waals surface area contributed by atoms with E-state index in [-0.39, 0.29) is 5.91 Å². The quantitative estimate of drug-likeness (QED) is 0.535. The number of aromatic nitrogens is 2. The molecule has 1 aromatic carbocycles. The zero-order chi connectivity index (χ0) is 21.8. The summed E-state index contributed by atoms with van der Waals surface area (Å²) in [5.41, 5.74) is 5.08. The second kappa shape index (κ2) is 9.92.